The first-order chi connectivity index (χ1) is 14.7. The van der Waals surface area contributed by atoms with Crippen molar-refractivity contribution in [2.45, 2.75) is 24.6 Å². The van der Waals surface area contributed by atoms with Crippen molar-refractivity contribution in [3.8, 4) is 40.1 Å². The van der Waals surface area contributed by atoms with E-state index in [2.05, 4.69) is 0 Å². The van der Waals surface area contributed by atoms with E-state index in [0.29, 0.717) is 0 Å². The molecule has 3 aromatic rings. The highest BCUT2D eigenvalue weighted by Gasteiger charge is 2.40. The number of hydrogen-bond acceptors (Lipinski definition) is 11. The Morgan fingerprint density at radius 1 is 0.903 bits per heavy atom. The summed E-state index contributed by atoms with van der Waals surface area (Å²) in [6, 6.07) is 5.38. The minimum absolute atomic E-state index is 0.0967. The fourth-order valence-corrected chi connectivity index (χ4v) is 3.26. The first-order valence-corrected chi connectivity index (χ1v) is 9.05. The van der Waals surface area contributed by atoms with Crippen molar-refractivity contribution in [1.82, 2.24) is 0 Å². The van der Waals surface area contributed by atoms with E-state index in [0.717, 1.165) is 18.2 Å². The van der Waals surface area contributed by atoms with Gasteiger partial charge in [0.25, 0.3) is 0 Å². The van der Waals surface area contributed by atoms with Crippen LogP contribution in [0.4, 0.5) is 0 Å². The minimum Gasteiger partial charge on any atom is -0.508 e. The summed E-state index contributed by atoms with van der Waals surface area (Å²) in [5.41, 5.74) is -1.27. The number of phenolic OH excluding ortho intramolecular Hbond substituents is 4. The SMILES string of the molecule is O=c1c(O[C@@H]2OC[C@H](O)[C@@H](O)[C@H]2O)c(-c2ccc(O)cc2O)oc2cc(O)cc(O)c12. The summed E-state index contributed by atoms with van der Waals surface area (Å²) in [6.45, 7) is -0.402. The molecule has 7 N–H and O–H groups in total. The number of ether oxygens (including phenoxy) is 2. The van der Waals surface area contributed by atoms with E-state index in [1.807, 2.05) is 0 Å². The Morgan fingerprint density at radius 2 is 1.61 bits per heavy atom. The van der Waals surface area contributed by atoms with Gasteiger partial charge in [-0.05, 0) is 12.1 Å². The molecular weight excluding hydrogens is 416 g/mol. The van der Waals surface area contributed by atoms with Crippen molar-refractivity contribution in [3.63, 3.8) is 0 Å². The Morgan fingerprint density at radius 3 is 2.32 bits per heavy atom. The van der Waals surface area contributed by atoms with Crippen LogP contribution >= 0.6 is 0 Å². The molecule has 0 bridgehead atoms. The lowest BCUT2D eigenvalue weighted by Crippen LogP contribution is -2.55. The third-order valence-corrected chi connectivity index (χ3v) is 4.83. The summed E-state index contributed by atoms with van der Waals surface area (Å²) < 4.78 is 16.3. The molecule has 2 heterocycles. The summed E-state index contributed by atoms with van der Waals surface area (Å²) >= 11 is 0. The molecule has 0 spiro atoms. The van der Waals surface area contributed by atoms with E-state index in [1.165, 1.54) is 12.1 Å². The molecule has 0 radical (unpaired) electrons. The Labute approximate surface area is 173 Å². The number of aromatic hydroxyl groups is 4. The van der Waals surface area contributed by atoms with Crippen molar-refractivity contribution in [2.75, 3.05) is 6.61 Å². The van der Waals surface area contributed by atoms with Gasteiger partial charge in [-0.25, -0.2) is 0 Å². The number of rotatable bonds is 3. The highest BCUT2D eigenvalue weighted by molar-refractivity contribution is 5.88. The van der Waals surface area contributed by atoms with E-state index in [4.69, 9.17) is 13.9 Å². The molecule has 11 heteroatoms. The minimum atomic E-state index is -1.74. The van der Waals surface area contributed by atoms with E-state index in [-0.39, 0.29) is 28.0 Å². The zero-order chi connectivity index (χ0) is 22.4. The Kier molecular flexibility index (Phi) is 5.11. The van der Waals surface area contributed by atoms with E-state index < -0.39 is 59.6 Å². The molecule has 0 aliphatic carbocycles. The van der Waals surface area contributed by atoms with Gasteiger partial charge in [-0.2, -0.15) is 0 Å². The van der Waals surface area contributed by atoms with Crippen LogP contribution in [0.25, 0.3) is 22.3 Å². The third kappa shape index (κ3) is 3.59. The van der Waals surface area contributed by atoms with Crippen LogP contribution in [0.2, 0.25) is 0 Å². The van der Waals surface area contributed by atoms with Crippen LogP contribution in [0, 0.1) is 0 Å². The van der Waals surface area contributed by atoms with Gasteiger partial charge in [-0.1, -0.05) is 0 Å². The molecule has 1 fully saturated rings. The molecule has 164 valence electrons. The van der Waals surface area contributed by atoms with Gasteiger partial charge in [0.2, 0.25) is 17.5 Å². The van der Waals surface area contributed by atoms with Gasteiger partial charge >= 0.3 is 0 Å². The van der Waals surface area contributed by atoms with Crippen LogP contribution in [0.5, 0.6) is 28.7 Å². The van der Waals surface area contributed by atoms with Crippen LogP contribution in [-0.2, 0) is 4.74 Å². The smallest absolute Gasteiger partial charge is 0.239 e. The molecule has 11 nitrogen and oxygen atoms in total. The first kappa shape index (κ1) is 20.8. The maximum Gasteiger partial charge on any atom is 0.239 e. The van der Waals surface area contributed by atoms with Gasteiger partial charge in [0.1, 0.15) is 52.3 Å². The summed E-state index contributed by atoms with van der Waals surface area (Å²) in [7, 11) is 0. The Bertz CT molecular complexity index is 1200. The van der Waals surface area contributed by atoms with Gasteiger partial charge in [-0.3, -0.25) is 4.79 Å². The fourth-order valence-electron chi connectivity index (χ4n) is 3.26. The zero-order valence-electron chi connectivity index (χ0n) is 15.7. The van der Waals surface area contributed by atoms with Crippen molar-refractivity contribution < 1.29 is 49.6 Å². The molecular formula is C20H18O11. The third-order valence-electron chi connectivity index (χ3n) is 4.83. The summed E-state index contributed by atoms with van der Waals surface area (Å²) in [4.78, 5) is 13.2. The van der Waals surface area contributed by atoms with Crippen LogP contribution in [0.15, 0.2) is 39.5 Å². The number of phenols is 4. The molecule has 4 atom stereocenters. The fraction of sp³-hybridized carbons (Fsp3) is 0.250. The normalized spacial score (nSPS) is 23.7. The van der Waals surface area contributed by atoms with Crippen LogP contribution in [0.1, 0.15) is 0 Å². The molecule has 0 unspecified atom stereocenters. The Balaban J connectivity index is 1.93. The van der Waals surface area contributed by atoms with E-state index in [1.54, 1.807) is 0 Å². The lowest BCUT2D eigenvalue weighted by Gasteiger charge is -2.34. The number of aliphatic hydroxyl groups is 3. The van der Waals surface area contributed by atoms with Crippen molar-refractivity contribution >= 4 is 11.0 Å². The van der Waals surface area contributed by atoms with E-state index in [9.17, 15) is 40.5 Å². The average Bonchev–Trinajstić information content (AvgIpc) is 2.69. The summed E-state index contributed by atoms with van der Waals surface area (Å²) in [6.07, 6.45) is -6.35. The largest absolute Gasteiger partial charge is 0.508 e. The van der Waals surface area contributed by atoms with E-state index >= 15 is 0 Å². The molecule has 31 heavy (non-hydrogen) atoms. The molecule has 1 aliphatic rings. The molecule has 1 saturated heterocycles. The predicted molar refractivity (Wildman–Crippen MR) is 103 cm³/mol. The van der Waals surface area contributed by atoms with Crippen molar-refractivity contribution in [3.05, 3.63) is 40.6 Å². The van der Waals surface area contributed by atoms with Gasteiger partial charge < -0.3 is 49.6 Å². The highest BCUT2D eigenvalue weighted by Crippen LogP contribution is 2.40. The second kappa shape index (κ2) is 7.63. The van der Waals surface area contributed by atoms with Crippen molar-refractivity contribution in [1.29, 1.82) is 0 Å². The zero-order valence-corrected chi connectivity index (χ0v) is 15.7. The predicted octanol–water partition coefficient (Wildman–Crippen LogP) is 0.100. The molecule has 1 aromatic heterocycles. The Hall–Kier alpha value is -3.51. The maximum atomic E-state index is 13.2. The van der Waals surface area contributed by atoms with Crippen LogP contribution in [-0.4, -0.2) is 67.0 Å². The van der Waals surface area contributed by atoms with Gasteiger partial charge in [-0.15, -0.1) is 0 Å². The van der Waals surface area contributed by atoms with Crippen molar-refractivity contribution in [2.24, 2.45) is 0 Å². The number of aliphatic hydroxyl groups excluding tert-OH is 3. The van der Waals surface area contributed by atoms with Gasteiger partial charge in [0, 0.05) is 18.2 Å². The number of hydrogen-bond donors (Lipinski definition) is 7. The average molecular weight is 434 g/mol. The molecule has 0 amide bonds. The molecule has 4 rings (SSSR count). The summed E-state index contributed by atoms with van der Waals surface area (Å²) in [5, 5.41) is 68.9. The first-order valence-electron chi connectivity index (χ1n) is 9.05. The maximum absolute atomic E-state index is 13.2. The molecule has 0 saturated carbocycles. The second-order valence-corrected chi connectivity index (χ2v) is 7.00. The molecule has 2 aromatic carbocycles. The second-order valence-electron chi connectivity index (χ2n) is 7.00. The number of fused-ring (bicyclic) bond motifs is 1. The highest BCUT2D eigenvalue weighted by atomic mass is 16.7. The van der Waals surface area contributed by atoms with Crippen LogP contribution in [0.3, 0.4) is 0 Å². The number of benzene rings is 2. The van der Waals surface area contributed by atoms with Gasteiger partial charge in [0.15, 0.2) is 5.76 Å². The summed E-state index contributed by atoms with van der Waals surface area (Å²) in [5.74, 6) is -2.73. The van der Waals surface area contributed by atoms with Gasteiger partial charge in [0.05, 0.1) is 12.2 Å². The lowest BCUT2D eigenvalue weighted by molar-refractivity contribution is -0.242. The monoisotopic (exact) mass is 434 g/mol. The molecule has 1 aliphatic heterocycles. The van der Waals surface area contributed by atoms with Crippen LogP contribution < -0.4 is 10.2 Å². The topological polar surface area (TPSA) is 190 Å². The lowest BCUT2D eigenvalue weighted by atomic mass is 10.1. The quantitative estimate of drug-likeness (QED) is 0.296. The standard InChI is InChI=1S/C20H18O11/c21-7-1-2-9(10(23)3-7)18-19(31-20-17(28)15(26)12(25)6-29-20)16(27)14-11(24)4-8(22)5-13(14)30-18/h1-5,12,15,17,20-26,28H,6H2/t12-,15+,17+,20-/m0/s1.